The summed E-state index contributed by atoms with van der Waals surface area (Å²) in [7, 11) is 2.95. The van der Waals surface area contributed by atoms with Crippen LogP contribution in [0.1, 0.15) is 66.4 Å². The quantitative estimate of drug-likeness (QED) is 0.0564. The normalized spacial score (nSPS) is 11.6. The first-order valence-corrected chi connectivity index (χ1v) is 18.5. The van der Waals surface area contributed by atoms with Crippen LogP contribution in [0.15, 0.2) is 85.1 Å². The fourth-order valence-corrected chi connectivity index (χ4v) is 6.45. The second-order valence-corrected chi connectivity index (χ2v) is 15.0. The number of primary amides is 1. The molecule has 0 radical (unpaired) electrons. The molecule has 4 aromatic carbocycles. The molecule has 3 amide bonds. The molecule has 1 aromatic heterocycles. The molecule has 0 fully saturated rings. The highest BCUT2D eigenvalue weighted by molar-refractivity contribution is 6.08. The number of ether oxygens (including phenoxy) is 3. The lowest BCUT2D eigenvalue weighted by atomic mass is 9.84. The number of urea groups is 1. The molecule has 0 atom stereocenters. The van der Waals surface area contributed by atoms with Crippen LogP contribution in [0.3, 0.4) is 0 Å². The number of rotatable bonds is 17. The first kappa shape index (κ1) is 42.1. The number of aromatic nitrogens is 1. The third-order valence-corrected chi connectivity index (χ3v) is 9.84. The first-order chi connectivity index (χ1) is 27.2. The summed E-state index contributed by atoms with van der Waals surface area (Å²) in [6, 6.07) is 23.1. The first-order valence-electron chi connectivity index (χ1n) is 18.5. The molecule has 1 heterocycles. The van der Waals surface area contributed by atoms with Crippen LogP contribution in [-0.2, 0) is 23.1 Å². The summed E-state index contributed by atoms with van der Waals surface area (Å²) in [4.78, 5) is 42.9. The number of hydrogen-bond acceptors (Lipinski definition) is 10. The fraction of sp³-hybridized carbons (Fsp3) is 0.318. The van der Waals surface area contributed by atoms with Gasteiger partial charge in [-0.2, -0.15) is 0 Å². The third kappa shape index (κ3) is 10.2. The largest absolute Gasteiger partial charge is 0.496 e. The van der Waals surface area contributed by atoms with Crippen LogP contribution in [0.5, 0.6) is 23.0 Å². The molecule has 13 nitrogen and oxygen atoms in total. The number of aliphatic hydroxyl groups excluding tert-OH is 3. The van der Waals surface area contributed by atoms with Crippen LogP contribution in [-0.4, -0.2) is 72.1 Å². The number of hydrogen-bond donors (Lipinski definition) is 6. The van der Waals surface area contributed by atoms with E-state index < -0.39 is 37.2 Å². The van der Waals surface area contributed by atoms with E-state index in [1.165, 1.54) is 14.2 Å². The second kappa shape index (κ2) is 18.3. The summed E-state index contributed by atoms with van der Waals surface area (Å²) in [5.41, 5.74) is 8.43. The van der Waals surface area contributed by atoms with E-state index in [1.54, 1.807) is 36.5 Å². The number of amides is 3. The lowest BCUT2D eigenvalue weighted by molar-refractivity contribution is -0.117. The van der Waals surface area contributed by atoms with Crippen LogP contribution in [0.25, 0.3) is 10.8 Å². The molecule has 5 aromatic rings. The number of nitrogens with one attached hydrogen (secondary N) is 2. The number of anilines is 2. The molecule has 300 valence electrons. The Kier molecular flexibility index (Phi) is 13.5. The van der Waals surface area contributed by atoms with Crippen molar-refractivity contribution in [2.24, 2.45) is 11.1 Å². The highest BCUT2D eigenvalue weighted by atomic mass is 16.5. The third-order valence-electron chi connectivity index (χ3n) is 9.84. The Morgan fingerprint density at radius 1 is 0.789 bits per heavy atom. The van der Waals surface area contributed by atoms with Gasteiger partial charge in [-0.25, -0.2) is 4.79 Å². The number of nitrogens with zero attached hydrogens (tertiary/aromatic N) is 1. The Morgan fingerprint density at radius 2 is 1.49 bits per heavy atom. The zero-order valence-electron chi connectivity index (χ0n) is 32.8. The molecular weight excluding hydrogens is 729 g/mol. The zero-order chi connectivity index (χ0) is 41.3. The van der Waals surface area contributed by atoms with Crippen molar-refractivity contribution in [3.63, 3.8) is 0 Å². The van der Waals surface area contributed by atoms with Gasteiger partial charge in [0.05, 0.1) is 57.4 Å². The number of methoxy groups -OCH3 is 2. The fourth-order valence-electron chi connectivity index (χ4n) is 6.45. The Labute approximate surface area is 331 Å². The molecule has 0 unspecified atom stereocenters. The van der Waals surface area contributed by atoms with E-state index in [0.29, 0.717) is 57.6 Å². The van der Waals surface area contributed by atoms with Crippen molar-refractivity contribution in [1.82, 2.24) is 4.98 Å². The summed E-state index contributed by atoms with van der Waals surface area (Å²) in [5.74, 6) is 1.08. The minimum Gasteiger partial charge on any atom is -0.496 e. The Hall–Kier alpha value is -6.02. The Bertz CT molecular complexity index is 2240. The van der Waals surface area contributed by atoms with E-state index in [9.17, 15) is 29.7 Å². The number of Topliss-reactive ketones (excluding diaryl/α,β-unsaturated/α-hetero) is 1. The summed E-state index contributed by atoms with van der Waals surface area (Å²) in [5, 5.41) is 36.2. The van der Waals surface area contributed by atoms with Crippen molar-refractivity contribution < 1.29 is 43.9 Å². The summed E-state index contributed by atoms with van der Waals surface area (Å²) in [6.45, 7) is 4.78. The highest BCUT2D eigenvalue weighted by Gasteiger charge is 2.29. The molecule has 5 rings (SSSR count). The minimum absolute atomic E-state index is 0.0129. The number of benzene rings is 4. The van der Waals surface area contributed by atoms with Crippen LogP contribution in [0.2, 0.25) is 0 Å². The molecule has 13 heteroatoms. The maximum Gasteiger partial charge on any atom is 0.323 e. The Balaban J connectivity index is 1.32. The van der Waals surface area contributed by atoms with E-state index in [1.807, 2.05) is 69.3 Å². The summed E-state index contributed by atoms with van der Waals surface area (Å²) < 4.78 is 17.5. The van der Waals surface area contributed by atoms with E-state index >= 15 is 0 Å². The SMILES string of the molecule is COc1cc(Cc2cc(Oc3ccc(NC(=O)Nc4cc(C(C)(C)C)cc(CC(N)=O)c4OC)c4ccccc34)ccn2)ccc1C(=O)CCC(CO)(CO)CO. The van der Waals surface area contributed by atoms with Crippen LogP contribution >= 0.6 is 0 Å². The summed E-state index contributed by atoms with van der Waals surface area (Å²) in [6.07, 6.45) is 2.14. The van der Waals surface area contributed by atoms with Crippen molar-refractivity contribution in [2.45, 2.75) is 51.9 Å². The number of carbonyl (C=O) groups excluding carboxylic acids is 3. The van der Waals surface area contributed by atoms with Gasteiger partial charge in [-0.1, -0.05) is 57.2 Å². The van der Waals surface area contributed by atoms with Crippen molar-refractivity contribution in [2.75, 3.05) is 44.7 Å². The standard InChI is InChI=1S/C44H50N4O9/c1-43(2,3)29-20-28(21-40(45)53)41(56-5)36(22-29)48-42(54)47-35-12-13-38(33-9-7-6-8-32(33)35)57-31-15-17-46-30(23-31)18-27-10-11-34(39(19-27)55-4)37(52)14-16-44(24-49,25-50)26-51/h6-13,15,17,19-20,22-23,49-51H,14,16,18,21,24-26H2,1-5H3,(H2,45,53)(H2,47,48,54). The van der Waals surface area contributed by atoms with Gasteiger partial charge in [-0.05, 0) is 59.4 Å². The number of pyridine rings is 1. The number of ketones is 1. The zero-order valence-corrected chi connectivity index (χ0v) is 32.8. The van der Waals surface area contributed by atoms with E-state index in [4.69, 9.17) is 19.9 Å². The predicted octanol–water partition coefficient (Wildman–Crippen LogP) is 6.53. The molecular formula is C44H50N4O9. The monoisotopic (exact) mass is 778 g/mol. The van der Waals surface area contributed by atoms with Crippen molar-refractivity contribution in [3.05, 3.63) is 113 Å². The molecule has 0 aliphatic rings. The van der Waals surface area contributed by atoms with Crippen molar-refractivity contribution in [3.8, 4) is 23.0 Å². The molecule has 7 N–H and O–H groups in total. The Morgan fingerprint density at radius 3 is 2.14 bits per heavy atom. The highest BCUT2D eigenvalue weighted by Crippen LogP contribution is 2.38. The van der Waals surface area contributed by atoms with Crippen molar-refractivity contribution >= 4 is 39.9 Å². The van der Waals surface area contributed by atoms with Crippen LogP contribution in [0, 0.1) is 5.41 Å². The number of fused-ring (bicyclic) bond motifs is 1. The predicted molar refractivity (Wildman–Crippen MR) is 219 cm³/mol. The van der Waals surface area contributed by atoms with Gasteiger partial charge in [0.25, 0.3) is 0 Å². The maximum atomic E-state index is 13.5. The van der Waals surface area contributed by atoms with Gasteiger partial charge in [-0.15, -0.1) is 0 Å². The van der Waals surface area contributed by atoms with Gasteiger partial charge < -0.3 is 45.9 Å². The number of nitrogens with two attached hydrogens (primary N) is 1. The minimum atomic E-state index is -1.14. The van der Waals surface area contributed by atoms with Gasteiger partial charge in [0.1, 0.15) is 23.0 Å². The number of carbonyl (C=O) groups is 3. The van der Waals surface area contributed by atoms with Gasteiger partial charge in [-0.3, -0.25) is 14.6 Å². The topological polar surface area (TPSA) is 203 Å². The van der Waals surface area contributed by atoms with E-state index in [2.05, 4.69) is 15.6 Å². The molecule has 0 aliphatic heterocycles. The molecule has 0 bridgehead atoms. The maximum absolute atomic E-state index is 13.5. The molecule has 0 saturated carbocycles. The molecule has 0 spiro atoms. The van der Waals surface area contributed by atoms with E-state index in [-0.39, 0.29) is 30.5 Å². The smallest absolute Gasteiger partial charge is 0.323 e. The lowest BCUT2D eigenvalue weighted by Crippen LogP contribution is -2.34. The second-order valence-electron chi connectivity index (χ2n) is 15.0. The van der Waals surface area contributed by atoms with Gasteiger partial charge in [0.2, 0.25) is 5.91 Å². The van der Waals surface area contributed by atoms with Crippen LogP contribution < -0.4 is 30.6 Å². The average Bonchev–Trinajstić information content (AvgIpc) is 3.19. The van der Waals surface area contributed by atoms with Gasteiger partial charge in [0.15, 0.2) is 5.78 Å². The summed E-state index contributed by atoms with van der Waals surface area (Å²) >= 11 is 0. The molecule has 0 aliphatic carbocycles. The van der Waals surface area contributed by atoms with Crippen LogP contribution in [0.4, 0.5) is 16.2 Å². The average molecular weight is 779 g/mol. The van der Waals surface area contributed by atoms with Gasteiger partial charge >= 0.3 is 6.03 Å². The molecule has 57 heavy (non-hydrogen) atoms. The van der Waals surface area contributed by atoms with Crippen molar-refractivity contribution in [1.29, 1.82) is 0 Å². The lowest BCUT2D eigenvalue weighted by Gasteiger charge is -2.26. The van der Waals surface area contributed by atoms with E-state index in [0.717, 1.165) is 21.9 Å². The molecule has 0 saturated heterocycles. The number of aliphatic hydroxyl groups is 3. The van der Waals surface area contributed by atoms with Gasteiger partial charge in [0, 0.05) is 52.5 Å².